The van der Waals surface area contributed by atoms with Gasteiger partial charge in [-0.15, -0.1) is 0 Å². The molecule has 0 N–H and O–H groups in total. The van der Waals surface area contributed by atoms with Gasteiger partial charge in [0.2, 0.25) is 5.91 Å². The number of nitrogens with zero attached hydrogens (tertiary/aromatic N) is 6. The van der Waals surface area contributed by atoms with Gasteiger partial charge in [-0.2, -0.15) is 5.10 Å². The van der Waals surface area contributed by atoms with Gasteiger partial charge in [0, 0.05) is 32.1 Å². The first kappa shape index (κ1) is 24.9. The molecule has 1 aliphatic heterocycles. The number of carbonyl (C=O) groups excluding carboxylic acids is 1. The highest BCUT2D eigenvalue weighted by Gasteiger charge is 2.29. The molecule has 2 aromatic carbocycles. The van der Waals surface area contributed by atoms with Crippen molar-refractivity contribution in [3.63, 3.8) is 0 Å². The zero-order chi connectivity index (χ0) is 25.8. The Hall–Kier alpha value is -3.74. The normalized spacial score (nSPS) is 15.6. The van der Waals surface area contributed by atoms with Crippen LogP contribution in [0.25, 0.3) is 16.7 Å². The largest absolute Gasteiger partial charge is 0.352 e. The van der Waals surface area contributed by atoms with Crippen LogP contribution in [0.4, 0.5) is 5.82 Å². The smallest absolute Gasteiger partial charge is 0.230 e. The number of hydrogen-bond donors (Lipinski definition) is 0. The minimum atomic E-state index is -0.0934. The van der Waals surface area contributed by atoms with Gasteiger partial charge in [0.15, 0.2) is 5.65 Å². The standard InChI is InChI=1S/C30H36N6O/c1-4-12-22(3)27-32-28(26-21-31-36(29(26)33-27)24-15-10-7-11-16-24)34-17-19-35(20-18-34)30(37)25(5-2)23-13-8-6-9-14-23/h6-11,13-16,21-22,25H,4-5,12,17-20H2,1-3H3/t22-,25+/m0/s1. The number of piperazine rings is 1. The number of benzene rings is 2. The average molecular weight is 497 g/mol. The van der Waals surface area contributed by atoms with E-state index in [0.29, 0.717) is 13.1 Å². The molecule has 0 radical (unpaired) electrons. The lowest BCUT2D eigenvalue weighted by Gasteiger charge is -2.37. The van der Waals surface area contributed by atoms with Gasteiger partial charge in [0.1, 0.15) is 11.6 Å². The van der Waals surface area contributed by atoms with Gasteiger partial charge >= 0.3 is 0 Å². The highest BCUT2D eigenvalue weighted by atomic mass is 16.2. The molecular formula is C30H36N6O. The van der Waals surface area contributed by atoms with Crippen LogP contribution in [-0.4, -0.2) is 56.7 Å². The van der Waals surface area contributed by atoms with Crippen LogP contribution in [-0.2, 0) is 4.79 Å². The topological polar surface area (TPSA) is 67.2 Å². The molecule has 2 aromatic heterocycles. The summed E-state index contributed by atoms with van der Waals surface area (Å²) < 4.78 is 1.91. The number of hydrogen-bond acceptors (Lipinski definition) is 5. The first-order chi connectivity index (χ1) is 18.1. The third kappa shape index (κ3) is 5.08. The van der Waals surface area contributed by atoms with Gasteiger partial charge in [-0.05, 0) is 30.5 Å². The van der Waals surface area contributed by atoms with E-state index in [0.717, 1.165) is 66.3 Å². The van der Waals surface area contributed by atoms with E-state index in [1.165, 1.54) is 0 Å². The van der Waals surface area contributed by atoms with E-state index in [1.807, 2.05) is 64.3 Å². The zero-order valence-electron chi connectivity index (χ0n) is 22.0. The predicted molar refractivity (Wildman–Crippen MR) is 148 cm³/mol. The second kappa shape index (κ2) is 11.1. The van der Waals surface area contributed by atoms with Gasteiger partial charge in [-0.25, -0.2) is 14.6 Å². The molecule has 1 saturated heterocycles. The molecule has 0 saturated carbocycles. The number of para-hydroxylation sites is 1. The Balaban J connectivity index is 1.42. The van der Waals surface area contributed by atoms with Crippen LogP contribution in [0, 0.1) is 0 Å². The van der Waals surface area contributed by atoms with Crippen LogP contribution in [0.15, 0.2) is 66.9 Å². The maximum Gasteiger partial charge on any atom is 0.230 e. The lowest BCUT2D eigenvalue weighted by atomic mass is 9.95. The van der Waals surface area contributed by atoms with Gasteiger partial charge in [0.25, 0.3) is 0 Å². The Bertz CT molecular complexity index is 1330. The fourth-order valence-corrected chi connectivity index (χ4v) is 5.29. The first-order valence-electron chi connectivity index (χ1n) is 13.5. The molecule has 1 fully saturated rings. The second-order valence-corrected chi connectivity index (χ2v) is 9.91. The second-order valence-electron chi connectivity index (χ2n) is 9.91. The van der Waals surface area contributed by atoms with Crippen LogP contribution >= 0.6 is 0 Å². The molecule has 7 nitrogen and oxygen atoms in total. The van der Waals surface area contributed by atoms with Crippen molar-refractivity contribution in [3.8, 4) is 5.69 Å². The Labute approximate surface area is 219 Å². The number of amides is 1. The van der Waals surface area contributed by atoms with E-state index in [2.05, 4.69) is 37.8 Å². The summed E-state index contributed by atoms with van der Waals surface area (Å²) in [6.45, 7) is 9.32. The molecule has 4 aromatic rings. The van der Waals surface area contributed by atoms with Crippen molar-refractivity contribution in [2.75, 3.05) is 31.1 Å². The molecule has 0 spiro atoms. The first-order valence-corrected chi connectivity index (χ1v) is 13.5. The van der Waals surface area contributed by atoms with Crippen molar-refractivity contribution in [1.82, 2.24) is 24.6 Å². The fraction of sp³-hybridized carbons (Fsp3) is 0.400. The Morgan fingerprint density at radius 2 is 1.59 bits per heavy atom. The van der Waals surface area contributed by atoms with E-state index in [-0.39, 0.29) is 17.7 Å². The summed E-state index contributed by atoms with van der Waals surface area (Å²) in [5, 5.41) is 5.65. The van der Waals surface area contributed by atoms with Crippen LogP contribution in [0.3, 0.4) is 0 Å². The summed E-state index contributed by atoms with van der Waals surface area (Å²) in [4.78, 5) is 27.8. The van der Waals surface area contributed by atoms with Crippen LogP contribution in [0.2, 0.25) is 0 Å². The highest BCUT2D eigenvalue weighted by Crippen LogP contribution is 2.30. The number of anilines is 1. The summed E-state index contributed by atoms with van der Waals surface area (Å²) >= 11 is 0. The van der Waals surface area contributed by atoms with Gasteiger partial charge in [-0.3, -0.25) is 4.79 Å². The molecule has 1 aliphatic rings. The van der Waals surface area contributed by atoms with Crippen molar-refractivity contribution >= 4 is 22.8 Å². The Morgan fingerprint density at radius 1 is 0.919 bits per heavy atom. The monoisotopic (exact) mass is 496 g/mol. The molecule has 2 atom stereocenters. The quantitative estimate of drug-likeness (QED) is 0.319. The SMILES string of the molecule is CCC[C@H](C)c1nc(N2CCN(C(=O)[C@H](CC)c3ccccc3)CC2)c2cnn(-c3ccccc3)c2n1. The third-order valence-electron chi connectivity index (χ3n) is 7.39. The molecule has 192 valence electrons. The van der Waals surface area contributed by atoms with Crippen molar-refractivity contribution in [2.45, 2.75) is 51.9 Å². The van der Waals surface area contributed by atoms with E-state index in [9.17, 15) is 4.79 Å². The fourth-order valence-electron chi connectivity index (χ4n) is 5.29. The molecule has 0 bridgehead atoms. The predicted octanol–water partition coefficient (Wildman–Crippen LogP) is 5.56. The minimum Gasteiger partial charge on any atom is -0.352 e. The van der Waals surface area contributed by atoms with E-state index < -0.39 is 0 Å². The molecule has 3 heterocycles. The minimum absolute atomic E-state index is 0.0934. The Morgan fingerprint density at radius 3 is 2.24 bits per heavy atom. The number of aromatic nitrogens is 4. The third-order valence-corrected chi connectivity index (χ3v) is 7.39. The summed E-state index contributed by atoms with van der Waals surface area (Å²) in [5.74, 6) is 2.16. The molecule has 37 heavy (non-hydrogen) atoms. The van der Waals surface area contributed by atoms with Crippen molar-refractivity contribution in [3.05, 3.63) is 78.2 Å². The summed E-state index contributed by atoms with van der Waals surface area (Å²) in [6.07, 6.45) is 4.79. The van der Waals surface area contributed by atoms with Crippen LogP contribution in [0.5, 0.6) is 0 Å². The van der Waals surface area contributed by atoms with Crippen LogP contribution in [0.1, 0.15) is 63.3 Å². The Kier molecular flexibility index (Phi) is 7.49. The maximum atomic E-state index is 13.4. The number of carbonyl (C=O) groups is 1. The van der Waals surface area contributed by atoms with E-state index >= 15 is 0 Å². The zero-order valence-corrected chi connectivity index (χ0v) is 22.0. The summed E-state index contributed by atoms with van der Waals surface area (Å²) in [6, 6.07) is 20.3. The van der Waals surface area contributed by atoms with Gasteiger partial charge in [0.05, 0.1) is 23.2 Å². The maximum absolute atomic E-state index is 13.4. The van der Waals surface area contributed by atoms with Gasteiger partial charge < -0.3 is 9.80 Å². The van der Waals surface area contributed by atoms with E-state index in [1.54, 1.807) is 0 Å². The molecule has 7 heteroatoms. The van der Waals surface area contributed by atoms with Gasteiger partial charge in [-0.1, -0.05) is 75.7 Å². The summed E-state index contributed by atoms with van der Waals surface area (Å²) in [5.41, 5.74) is 2.92. The molecule has 0 aliphatic carbocycles. The lowest BCUT2D eigenvalue weighted by molar-refractivity contribution is -0.133. The molecule has 0 unspecified atom stereocenters. The number of fused-ring (bicyclic) bond motifs is 1. The lowest BCUT2D eigenvalue weighted by Crippen LogP contribution is -2.50. The summed E-state index contributed by atoms with van der Waals surface area (Å²) in [7, 11) is 0. The average Bonchev–Trinajstić information content (AvgIpc) is 3.38. The van der Waals surface area contributed by atoms with Crippen molar-refractivity contribution in [2.24, 2.45) is 0 Å². The molecule has 1 amide bonds. The van der Waals surface area contributed by atoms with E-state index in [4.69, 9.17) is 15.1 Å². The van der Waals surface area contributed by atoms with Crippen LogP contribution < -0.4 is 4.90 Å². The molecule has 5 rings (SSSR count). The highest BCUT2D eigenvalue weighted by molar-refractivity contribution is 5.88. The molecular weight excluding hydrogens is 460 g/mol. The van der Waals surface area contributed by atoms with Crippen molar-refractivity contribution < 1.29 is 4.79 Å². The van der Waals surface area contributed by atoms with Crippen molar-refractivity contribution in [1.29, 1.82) is 0 Å². The number of rotatable bonds is 8.